The van der Waals surface area contributed by atoms with E-state index in [-0.39, 0.29) is 5.95 Å². The fourth-order valence-electron chi connectivity index (χ4n) is 0.917. The zero-order valence-electron chi connectivity index (χ0n) is 6.02. The van der Waals surface area contributed by atoms with Gasteiger partial charge in [-0.1, -0.05) is 0 Å². The molecular weight excluding hydrogens is 158 g/mol. The molecule has 0 amide bonds. The minimum atomic E-state index is -0.451. The Hall–Kier alpha value is -1.91. The van der Waals surface area contributed by atoms with E-state index in [1.807, 2.05) is 0 Å². The third-order valence-electron chi connectivity index (χ3n) is 1.46. The van der Waals surface area contributed by atoms with E-state index in [9.17, 15) is 4.79 Å². The Balaban J connectivity index is 2.96. The molecule has 0 fully saturated rings. The molecule has 5 heteroatoms. The van der Waals surface area contributed by atoms with Crippen LogP contribution in [0.2, 0.25) is 0 Å². The normalized spacial score (nSPS) is 10.3. The maximum Gasteiger partial charge on any atom is 0.346 e. The molecule has 0 aromatic carbocycles. The highest BCUT2D eigenvalue weighted by Gasteiger charge is 2.00. The van der Waals surface area contributed by atoms with Crippen molar-refractivity contribution in [1.29, 1.82) is 0 Å². The predicted octanol–water partition coefficient (Wildman–Crippen LogP) is 0.165. The van der Waals surface area contributed by atoms with Crippen molar-refractivity contribution in [2.45, 2.75) is 0 Å². The Morgan fingerprint density at radius 1 is 1.50 bits per heavy atom. The Morgan fingerprint density at radius 2 is 2.33 bits per heavy atom. The molecule has 60 valence electrons. The molecular formula is C7H5N3O2. The van der Waals surface area contributed by atoms with Crippen molar-refractivity contribution < 1.29 is 4.42 Å². The molecule has 2 heterocycles. The van der Waals surface area contributed by atoms with E-state index in [1.165, 1.54) is 12.5 Å². The SMILES string of the molecule is Nc1ncc2c(=O)occc2n1. The third-order valence-corrected chi connectivity index (χ3v) is 1.46. The number of nitrogens with two attached hydrogens (primary N) is 1. The quantitative estimate of drug-likeness (QED) is 0.598. The number of rotatable bonds is 0. The molecule has 0 aliphatic rings. The molecule has 2 aromatic rings. The highest BCUT2D eigenvalue weighted by atomic mass is 16.4. The lowest BCUT2D eigenvalue weighted by Crippen LogP contribution is -2.02. The van der Waals surface area contributed by atoms with Gasteiger partial charge in [0.2, 0.25) is 5.95 Å². The van der Waals surface area contributed by atoms with Gasteiger partial charge in [-0.25, -0.2) is 14.8 Å². The van der Waals surface area contributed by atoms with Crippen LogP contribution >= 0.6 is 0 Å². The van der Waals surface area contributed by atoms with E-state index in [0.717, 1.165) is 0 Å². The lowest BCUT2D eigenvalue weighted by molar-refractivity contribution is 0.519. The standard InChI is InChI=1S/C7H5N3O2/c8-7-9-3-4-5(10-7)1-2-12-6(4)11/h1-3H,(H2,8,9,10). The highest BCUT2D eigenvalue weighted by molar-refractivity contribution is 5.76. The van der Waals surface area contributed by atoms with E-state index in [1.54, 1.807) is 6.07 Å². The number of nitrogen functional groups attached to an aromatic ring is 1. The summed E-state index contributed by atoms with van der Waals surface area (Å²) in [4.78, 5) is 18.5. The second-order valence-corrected chi connectivity index (χ2v) is 2.24. The molecule has 0 bridgehead atoms. The topological polar surface area (TPSA) is 82.0 Å². The molecule has 0 unspecified atom stereocenters. The lowest BCUT2D eigenvalue weighted by Gasteiger charge is -1.93. The molecule has 2 N–H and O–H groups in total. The van der Waals surface area contributed by atoms with Gasteiger partial charge < -0.3 is 10.2 Å². The average Bonchev–Trinajstić information content (AvgIpc) is 2.04. The number of fused-ring (bicyclic) bond motifs is 1. The van der Waals surface area contributed by atoms with Gasteiger partial charge >= 0.3 is 5.63 Å². The first-order valence-corrected chi connectivity index (χ1v) is 3.27. The lowest BCUT2D eigenvalue weighted by atomic mass is 10.3. The molecule has 0 saturated carbocycles. The van der Waals surface area contributed by atoms with E-state index in [0.29, 0.717) is 10.9 Å². The van der Waals surface area contributed by atoms with Crippen molar-refractivity contribution in [3.63, 3.8) is 0 Å². The minimum absolute atomic E-state index is 0.146. The van der Waals surface area contributed by atoms with Crippen LogP contribution in [-0.2, 0) is 0 Å². The summed E-state index contributed by atoms with van der Waals surface area (Å²) in [5.74, 6) is 0.146. The largest absolute Gasteiger partial charge is 0.431 e. The zero-order chi connectivity index (χ0) is 8.55. The second kappa shape index (κ2) is 2.30. The number of hydrogen-bond donors (Lipinski definition) is 1. The second-order valence-electron chi connectivity index (χ2n) is 2.24. The van der Waals surface area contributed by atoms with Gasteiger partial charge in [-0.3, -0.25) is 0 Å². The molecule has 2 aromatic heterocycles. The maximum atomic E-state index is 11.0. The van der Waals surface area contributed by atoms with E-state index in [2.05, 4.69) is 14.4 Å². The summed E-state index contributed by atoms with van der Waals surface area (Å²) in [5.41, 5.74) is 5.37. The van der Waals surface area contributed by atoms with Crippen molar-refractivity contribution in [1.82, 2.24) is 9.97 Å². The van der Waals surface area contributed by atoms with Gasteiger partial charge in [-0.15, -0.1) is 0 Å². The first-order chi connectivity index (χ1) is 5.77. The Bertz CT molecular complexity index is 477. The molecule has 0 atom stereocenters. The summed E-state index contributed by atoms with van der Waals surface area (Å²) in [7, 11) is 0. The van der Waals surface area contributed by atoms with E-state index < -0.39 is 5.63 Å². The number of hydrogen-bond acceptors (Lipinski definition) is 5. The Morgan fingerprint density at radius 3 is 3.17 bits per heavy atom. The van der Waals surface area contributed by atoms with Crippen molar-refractivity contribution in [3.05, 3.63) is 28.9 Å². The summed E-state index contributed by atoms with van der Waals surface area (Å²) < 4.78 is 4.60. The maximum absolute atomic E-state index is 11.0. The van der Waals surface area contributed by atoms with Crippen LogP contribution in [0.4, 0.5) is 5.95 Å². The van der Waals surface area contributed by atoms with Crippen LogP contribution in [0.25, 0.3) is 10.9 Å². The molecule has 2 rings (SSSR count). The van der Waals surface area contributed by atoms with Crippen LogP contribution in [-0.4, -0.2) is 9.97 Å². The zero-order valence-corrected chi connectivity index (χ0v) is 6.02. The molecule has 0 saturated heterocycles. The third kappa shape index (κ3) is 0.914. The highest BCUT2D eigenvalue weighted by Crippen LogP contribution is 2.04. The molecule has 12 heavy (non-hydrogen) atoms. The summed E-state index contributed by atoms with van der Waals surface area (Å²) in [5, 5.41) is 0.340. The monoisotopic (exact) mass is 163 g/mol. The van der Waals surface area contributed by atoms with Crippen molar-refractivity contribution in [3.8, 4) is 0 Å². The fourth-order valence-corrected chi connectivity index (χ4v) is 0.917. The smallest absolute Gasteiger partial charge is 0.346 e. The van der Waals surface area contributed by atoms with Crippen LogP contribution < -0.4 is 11.4 Å². The van der Waals surface area contributed by atoms with E-state index >= 15 is 0 Å². The molecule has 0 aliphatic carbocycles. The summed E-state index contributed by atoms with van der Waals surface area (Å²) in [6, 6.07) is 1.56. The van der Waals surface area contributed by atoms with Crippen molar-refractivity contribution >= 4 is 16.9 Å². The average molecular weight is 163 g/mol. The number of anilines is 1. The van der Waals surface area contributed by atoms with Crippen LogP contribution in [0.1, 0.15) is 0 Å². The first kappa shape index (κ1) is 6.78. The molecule has 5 nitrogen and oxygen atoms in total. The fraction of sp³-hybridized carbons (Fsp3) is 0. The Kier molecular flexibility index (Phi) is 1.30. The van der Waals surface area contributed by atoms with Crippen LogP contribution in [0.5, 0.6) is 0 Å². The predicted molar refractivity (Wildman–Crippen MR) is 42.5 cm³/mol. The van der Waals surface area contributed by atoms with Gasteiger partial charge in [0.25, 0.3) is 0 Å². The molecule has 0 aliphatic heterocycles. The van der Waals surface area contributed by atoms with Gasteiger partial charge in [-0.2, -0.15) is 0 Å². The number of nitrogens with zero attached hydrogens (tertiary/aromatic N) is 2. The van der Waals surface area contributed by atoms with Crippen LogP contribution in [0, 0.1) is 0 Å². The molecule has 0 radical (unpaired) electrons. The van der Waals surface area contributed by atoms with Crippen LogP contribution in [0.3, 0.4) is 0 Å². The van der Waals surface area contributed by atoms with E-state index in [4.69, 9.17) is 5.73 Å². The Labute approximate surface area is 66.9 Å². The van der Waals surface area contributed by atoms with Gasteiger partial charge in [0.05, 0.1) is 11.8 Å². The molecule has 0 spiro atoms. The summed E-state index contributed by atoms with van der Waals surface area (Å²) >= 11 is 0. The minimum Gasteiger partial charge on any atom is -0.431 e. The summed E-state index contributed by atoms with van der Waals surface area (Å²) in [6.45, 7) is 0. The van der Waals surface area contributed by atoms with Crippen LogP contribution in [0.15, 0.2) is 27.7 Å². The van der Waals surface area contributed by atoms with Gasteiger partial charge in [0, 0.05) is 12.3 Å². The van der Waals surface area contributed by atoms with Crippen molar-refractivity contribution in [2.24, 2.45) is 0 Å². The van der Waals surface area contributed by atoms with Gasteiger partial charge in [0.1, 0.15) is 5.39 Å². The van der Waals surface area contributed by atoms with Gasteiger partial charge in [-0.05, 0) is 0 Å². The van der Waals surface area contributed by atoms with Crippen molar-refractivity contribution in [2.75, 3.05) is 5.73 Å². The number of aromatic nitrogens is 2. The first-order valence-electron chi connectivity index (χ1n) is 3.27. The van der Waals surface area contributed by atoms with Gasteiger partial charge in [0.15, 0.2) is 0 Å². The summed E-state index contributed by atoms with van der Waals surface area (Å²) in [6.07, 6.45) is 2.63.